The summed E-state index contributed by atoms with van der Waals surface area (Å²) in [4.78, 5) is 15.8. The third-order valence-corrected chi connectivity index (χ3v) is 6.70. The zero-order valence-corrected chi connectivity index (χ0v) is 21.0. The number of amides is 1. The van der Waals surface area contributed by atoms with Gasteiger partial charge in [0.25, 0.3) is 5.91 Å². The van der Waals surface area contributed by atoms with Crippen LogP contribution in [0.15, 0.2) is 54.7 Å². The van der Waals surface area contributed by atoms with E-state index < -0.39 is 0 Å². The first-order valence-electron chi connectivity index (χ1n) is 12.5. The van der Waals surface area contributed by atoms with Crippen LogP contribution in [-0.2, 0) is 0 Å². The smallest absolute Gasteiger partial charge is 0.255 e. The van der Waals surface area contributed by atoms with Crippen LogP contribution in [0.5, 0.6) is 11.5 Å². The lowest BCUT2D eigenvalue weighted by Gasteiger charge is -2.30. The molecule has 0 spiro atoms. The Hall–Kier alpha value is -3.32. The molecule has 3 aromatic rings. The van der Waals surface area contributed by atoms with E-state index in [1.807, 2.05) is 48.5 Å². The summed E-state index contributed by atoms with van der Waals surface area (Å²) >= 11 is 0. The number of methoxy groups -OCH3 is 2. The Morgan fingerprint density at radius 1 is 1.03 bits per heavy atom. The van der Waals surface area contributed by atoms with E-state index >= 15 is 0 Å². The lowest BCUT2D eigenvalue weighted by molar-refractivity contribution is 0.0953. The molecule has 186 valence electrons. The predicted molar refractivity (Wildman–Crippen MR) is 139 cm³/mol. The Morgan fingerprint density at radius 3 is 2.49 bits per heavy atom. The number of piperidine rings is 1. The Morgan fingerprint density at radius 2 is 1.77 bits per heavy atom. The van der Waals surface area contributed by atoms with Crippen molar-refractivity contribution in [3.63, 3.8) is 0 Å². The maximum Gasteiger partial charge on any atom is 0.255 e. The number of benzene rings is 2. The zero-order chi connectivity index (χ0) is 24.6. The van der Waals surface area contributed by atoms with E-state index in [0.717, 1.165) is 36.6 Å². The second-order valence-electron chi connectivity index (χ2n) is 9.23. The first-order chi connectivity index (χ1) is 17.1. The third-order valence-electron chi connectivity index (χ3n) is 6.70. The third kappa shape index (κ3) is 6.22. The molecule has 7 heteroatoms. The molecule has 0 saturated carbocycles. The standard InChI is InChI=1S/C28H36N4O3/c1-21-13-17-31(18-14-21)16-8-7-15-29-28(33)24-20-32(23-9-5-4-6-10-23)30-27(24)22-11-12-25(34-2)26(19-22)35-3/h4-6,9-12,19-21H,7-8,13-18H2,1-3H3,(H,29,33). The van der Waals surface area contributed by atoms with E-state index in [-0.39, 0.29) is 5.91 Å². The van der Waals surface area contributed by atoms with Gasteiger partial charge in [-0.25, -0.2) is 4.68 Å². The Bertz CT molecular complexity index is 1100. The number of hydrogen-bond donors (Lipinski definition) is 1. The molecule has 1 aliphatic heterocycles. The van der Waals surface area contributed by atoms with Gasteiger partial charge in [0.1, 0.15) is 5.69 Å². The molecule has 0 unspecified atom stereocenters. The minimum Gasteiger partial charge on any atom is -0.493 e. The van der Waals surface area contributed by atoms with Gasteiger partial charge < -0.3 is 19.7 Å². The van der Waals surface area contributed by atoms with Crippen molar-refractivity contribution in [2.45, 2.75) is 32.6 Å². The molecule has 4 rings (SSSR count). The fraction of sp³-hybridized carbons (Fsp3) is 0.429. The summed E-state index contributed by atoms with van der Waals surface area (Å²) in [5.41, 5.74) is 2.83. The molecule has 2 heterocycles. The van der Waals surface area contributed by atoms with Crippen molar-refractivity contribution in [2.75, 3.05) is 40.4 Å². The molecule has 1 saturated heterocycles. The summed E-state index contributed by atoms with van der Waals surface area (Å²) in [7, 11) is 3.20. The molecule has 1 aromatic heterocycles. The molecule has 1 N–H and O–H groups in total. The molecule has 0 atom stereocenters. The number of para-hydroxylation sites is 1. The number of aromatic nitrogens is 2. The quantitative estimate of drug-likeness (QED) is 0.426. The van der Waals surface area contributed by atoms with Crippen molar-refractivity contribution in [1.29, 1.82) is 0 Å². The van der Waals surface area contributed by atoms with E-state index in [4.69, 9.17) is 14.6 Å². The van der Waals surface area contributed by atoms with Crippen LogP contribution in [0, 0.1) is 5.92 Å². The molecule has 1 aliphatic rings. The minimum atomic E-state index is -0.122. The molecule has 35 heavy (non-hydrogen) atoms. The van der Waals surface area contributed by atoms with Crippen LogP contribution in [0.2, 0.25) is 0 Å². The lowest BCUT2D eigenvalue weighted by atomic mass is 9.99. The molecule has 7 nitrogen and oxygen atoms in total. The zero-order valence-electron chi connectivity index (χ0n) is 21.0. The van der Waals surface area contributed by atoms with Gasteiger partial charge in [-0.05, 0) is 81.6 Å². The SMILES string of the molecule is COc1ccc(-c2nn(-c3ccccc3)cc2C(=O)NCCCCN2CCC(C)CC2)cc1OC. The van der Waals surface area contributed by atoms with E-state index in [2.05, 4.69) is 17.1 Å². The van der Waals surface area contributed by atoms with Crippen molar-refractivity contribution < 1.29 is 14.3 Å². The first kappa shape index (κ1) is 24.8. The summed E-state index contributed by atoms with van der Waals surface area (Å²) in [6, 6.07) is 15.4. The van der Waals surface area contributed by atoms with Gasteiger partial charge in [0, 0.05) is 18.3 Å². The van der Waals surface area contributed by atoms with Crippen LogP contribution in [0.3, 0.4) is 0 Å². The number of nitrogens with zero attached hydrogens (tertiary/aromatic N) is 3. The number of likely N-dealkylation sites (tertiary alicyclic amines) is 1. The van der Waals surface area contributed by atoms with E-state index in [9.17, 15) is 4.79 Å². The number of nitrogens with one attached hydrogen (secondary N) is 1. The molecule has 1 amide bonds. The van der Waals surface area contributed by atoms with Crippen LogP contribution in [0.25, 0.3) is 16.9 Å². The van der Waals surface area contributed by atoms with Crippen molar-refractivity contribution in [1.82, 2.24) is 20.0 Å². The normalized spacial score (nSPS) is 14.6. The monoisotopic (exact) mass is 476 g/mol. The van der Waals surface area contributed by atoms with Crippen molar-refractivity contribution >= 4 is 5.91 Å². The van der Waals surface area contributed by atoms with E-state index in [1.165, 1.54) is 25.9 Å². The summed E-state index contributed by atoms with van der Waals surface area (Å²) in [5.74, 6) is 1.96. The maximum absolute atomic E-state index is 13.2. The van der Waals surface area contributed by atoms with Gasteiger partial charge >= 0.3 is 0 Å². The molecule has 2 aromatic carbocycles. The summed E-state index contributed by atoms with van der Waals surface area (Å²) in [6.45, 7) is 6.47. The number of ether oxygens (including phenoxy) is 2. The van der Waals surface area contributed by atoms with Gasteiger partial charge in [-0.3, -0.25) is 4.79 Å². The highest BCUT2D eigenvalue weighted by atomic mass is 16.5. The lowest BCUT2D eigenvalue weighted by Crippen LogP contribution is -2.34. The van der Waals surface area contributed by atoms with Crippen molar-refractivity contribution in [2.24, 2.45) is 5.92 Å². The van der Waals surface area contributed by atoms with Crippen LogP contribution < -0.4 is 14.8 Å². The Labute approximate surface area is 208 Å². The van der Waals surface area contributed by atoms with E-state index in [0.29, 0.717) is 29.3 Å². The Kier molecular flexibility index (Phi) is 8.42. The van der Waals surface area contributed by atoms with Crippen LogP contribution >= 0.6 is 0 Å². The second-order valence-corrected chi connectivity index (χ2v) is 9.23. The van der Waals surface area contributed by atoms with Crippen LogP contribution in [0.4, 0.5) is 0 Å². The molecule has 0 radical (unpaired) electrons. The fourth-order valence-corrected chi connectivity index (χ4v) is 4.49. The van der Waals surface area contributed by atoms with Gasteiger partial charge in [0.2, 0.25) is 0 Å². The highest BCUT2D eigenvalue weighted by Gasteiger charge is 2.20. The fourth-order valence-electron chi connectivity index (χ4n) is 4.49. The molecular formula is C28H36N4O3. The van der Waals surface area contributed by atoms with Crippen LogP contribution in [-0.4, -0.2) is 61.0 Å². The average Bonchev–Trinajstić information content (AvgIpc) is 3.35. The highest BCUT2D eigenvalue weighted by molar-refractivity contribution is 6.00. The summed E-state index contributed by atoms with van der Waals surface area (Å²) < 4.78 is 12.6. The topological polar surface area (TPSA) is 68.6 Å². The highest BCUT2D eigenvalue weighted by Crippen LogP contribution is 2.33. The minimum absolute atomic E-state index is 0.122. The number of carbonyl (C=O) groups excluding carboxylic acids is 1. The maximum atomic E-state index is 13.2. The van der Waals surface area contributed by atoms with Gasteiger partial charge in [-0.1, -0.05) is 25.1 Å². The average molecular weight is 477 g/mol. The molecule has 1 fully saturated rings. The molecule has 0 bridgehead atoms. The van der Waals surface area contributed by atoms with Gasteiger partial charge in [0.15, 0.2) is 11.5 Å². The van der Waals surface area contributed by atoms with Crippen molar-refractivity contribution in [3.05, 3.63) is 60.3 Å². The summed E-state index contributed by atoms with van der Waals surface area (Å²) in [6.07, 6.45) is 6.42. The largest absolute Gasteiger partial charge is 0.493 e. The van der Waals surface area contributed by atoms with Crippen LogP contribution in [0.1, 0.15) is 43.0 Å². The van der Waals surface area contributed by atoms with Crippen molar-refractivity contribution in [3.8, 4) is 28.4 Å². The number of carbonyl (C=O) groups is 1. The number of unbranched alkanes of at least 4 members (excludes halogenated alkanes) is 1. The number of hydrogen-bond acceptors (Lipinski definition) is 5. The van der Waals surface area contributed by atoms with Gasteiger partial charge in [0.05, 0.1) is 25.5 Å². The van der Waals surface area contributed by atoms with Gasteiger partial charge in [-0.15, -0.1) is 0 Å². The Balaban J connectivity index is 1.46. The molecular weight excluding hydrogens is 440 g/mol. The predicted octanol–water partition coefficient (Wildman–Crippen LogP) is 4.80. The molecule has 0 aliphatic carbocycles. The first-order valence-corrected chi connectivity index (χ1v) is 12.5. The van der Waals surface area contributed by atoms with Gasteiger partial charge in [-0.2, -0.15) is 5.10 Å². The number of rotatable bonds is 10. The second kappa shape index (κ2) is 11.9. The summed E-state index contributed by atoms with van der Waals surface area (Å²) in [5, 5.41) is 7.87. The van der Waals surface area contributed by atoms with E-state index in [1.54, 1.807) is 25.1 Å².